The molecular formula is C25H32N8O2. The van der Waals surface area contributed by atoms with Gasteiger partial charge in [-0.15, -0.1) is 10.2 Å². The number of benzene rings is 1. The number of nitrogens with zero attached hydrogens (tertiary/aromatic N) is 5. The SMILES string of the molecule is CCOc1cc(-c2nncn2C)ccc1C1(N)N=Cc2cc(C)nc(NCC3CCOCC3)c2N1. The Balaban J connectivity index is 1.47. The van der Waals surface area contributed by atoms with Crippen molar-refractivity contribution in [3.05, 3.63) is 47.4 Å². The predicted octanol–water partition coefficient (Wildman–Crippen LogP) is 3.04. The van der Waals surface area contributed by atoms with Gasteiger partial charge in [-0.1, -0.05) is 6.07 Å². The molecule has 2 aliphatic heterocycles. The minimum absolute atomic E-state index is 0.490. The summed E-state index contributed by atoms with van der Waals surface area (Å²) < 4.78 is 13.4. The molecule has 0 amide bonds. The fourth-order valence-electron chi connectivity index (χ4n) is 4.58. The molecule has 35 heavy (non-hydrogen) atoms. The van der Waals surface area contributed by atoms with Crippen LogP contribution in [0.15, 0.2) is 35.6 Å². The lowest BCUT2D eigenvalue weighted by Crippen LogP contribution is -2.45. The van der Waals surface area contributed by atoms with E-state index in [1.807, 2.05) is 55.9 Å². The van der Waals surface area contributed by atoms with Crippen LogP contribution in [-0.2, 0) is 17.6 Å². The normalized spacial score (nSPS) is 19.8. The second-order valence-electron chi connectivity index (χ2n) is 9.07. The van der Waals surface area contributed by atoms with Crippen LogP contribution in [0.25, 0.3) is 11.4 Å². The van der Waals surface area contributed by atoms with Gasteiger partial charge in [0.2, 0.25) is 5.79 Å². The van der Waals surface area contributed by atoms with Crippen molar-refractivity contribution >= 4 is 17.7 Å². The van der Waals surface area contributed by atoms with Crippen molar-refractivity contribution in [2.45, 2.75) is 32.5 Å². The van der Waals surface area contributed by atoms with E-state index in [1.165, 1.54) is 0 Å². The highest BCUT2D eigenvalue weighted by Gasteiger charge is 2.34. The molecule has 4 heterocycles. The molecule has 0 radical (unpaired) electrons. The van der Waals surface area contributed by atoms with Gasteiger partial charge in [0, 0.05) is 49.8 Å². The molecule has 1 atom stereocenters. The van der Waals surface area contributed by atoms with Crippen molar-refractivity contribution < 1.29 is 9.47 Å². The number of nitrogens with one attached hydrogen (secondary N) is 2. The van der Waals surface area contributed by atoms with Gasteiger partial charge >= 0.3 is 0 Å². The topological polar surface area (TPSA) is 125 Å². The van der Waals surface area contributed by atoms with E-state index < -0.39 is 5.79 Å². The van der Waals surface area contributed by atoms with Crippen molar-refractivity contribution in [2.75, 3.05) is 37.0 Å². The summed E-state index contributed by atoms with van der Waals surface area (Å²) in [6.45, 7) is 6.87. The van der Waals surface area contributed by atoms with E-state index in [9.17, 15) is 0 Å². The number of aliphatic imine (C=N–C) groups is 1. The van der Waals surface area contributed by atoms with Crippen LogP contribution >= 0.6 is 0 Å². The number of pyridine rings is 1. The second-order valence-corrected chi connectivity index (χ2v) is 9.07. The first-order valence-corrected chi connectivity index (χ1v) is 12.0. The molecule has 1 aromatic carbocycles. The van der Waals surface area contributed by atoms with E-state index in [0.29, 0.717) is 18.3 Å². The molecule has 10 heteroatoms. The van der Waals surface area contributed by atoms with Crippen LogP contribution in [-0.4, -0.2) is 52.3 Å². The average Bonchev–Trinajstić information content (AvgIpc) is 3.29. The number of hydrogen-bond donors (Lipinski definition) is 3. The van der Waals surface area contributed by atoms with Gasteiger partial charge in [0.05, 0.1) is 17.9 Å². The fraction of sp³-hybridized carbons (Fsp3) is 0.440. The number of nitrogens with two attached hydrogens (primary N) is 1. The molecule has 0 spiro atoms. The maximum absolute atomic E-state index is 6.88. The lowest BCUT2D eigenvalue weighted by molar-refractivity contribution is 0.0699. The molecule has 1 fully saturated rings. The first-order chi connectivity index (χ1) is 17.0. The molecule has 3 aromatic rings. The molecular weight excluding hydrogens is 444 g/mol. The number of aryl methyl sites for hydroxylation is 2. The molecule has 0 saturated carbocycles. The van der Waals surface area contributed by atoms with Crippen molar-refractivity contribution in [1.29, 1.82) is 0 Å². The first kappa shape index (κ1) is 23.3. The van der Waals surface area contributed by atoms with E-state index in [0.717, 1.165) is 72.3 Å². The van der Waals surface area contributed by atoms with Gasteiger partial charge in [-0.3, -0.25) is 5.73 Å². The summed E-state index contributed by atoms with van der Waals surface area (Å²) in [5.74, 6) is 1.50. The van der Waals surface area contributed by atoms with Gasteiger partial charge in [0.15, 0.2) is 5.82 Å². The zero-order valence-corrected chi connectivity index (χ0v) is 20.4. The number of aromatic nitrogens is 4. The standard InChI is InChI=1S/C25H32N8O2/c1-4-35-21-12-18(24-32-29-15-33(24)3)5-6-20(21)25(26)28-14-19-11-16(2)30-23(22(19)31-25)27-13-17-7-9-34-10-8-17/h5-6,11-12,14-15,17,31H,4,7-10,13,26H2,1-3H3,(H,27,30). The number of fused-ring (bicyclic) bond motifs is 1. The third-order valence-corrected chi connectivity index (χ3v) is 6.46. The van der Waals surface area contributed by atoms with Gasteiger partial charge in [0.25, 0.3) is 0 Å². The zero-order valence-electron chi connectivity index (χ0n) is 20.4. The molecule has 10 nitrogen and oxygen atoms in total. The third-order valence-electron chi connectivity index (χ3n) is 6.46. The van der Waals surface area contributed by atoms with Crippen LogP contribution in [0, 0.1) is 12.8 Å². The van der Waals surface area contributed by atoms with Crippen molar-refractivity contribution in [2.24, 2.45) is 23.7 Å². The maximum Gasteiger partial charge on any atom is 0.212 e. The largest absolute Gasteiger partial charge is 0.493 e. The fourth-order valence-corrected chi connectivity index (χ4v) is 4.58. The predicted molar refractivity (Wildman–Crippen MR) is 136 cm³/mol. The molecule has 0 bridgehead atoms. The van der Waals surface area contributed by atoms with Gasteiger partial charge < -0.3 is 24.7 Å². The minimum atomic E-state index is -1.22. The molecule has 4 N–H and O–H groups in total. The lowest BCUT2D eigenvalue weighted by atomic mass is 10.00. The number of hydrogen-bond acceptors (Lipinski definition) is 9. The van der Waals surface area contributed by atoms with E-state index in [2.05, 4.69) is 20.8 Å². The average molecular weight is 477 g/mol. The summed E-state index contributed by atoms with van der Waals surface area (Å²) in [6.07, 6.45) is 5.58. The van der Waals surface area contributed by atoms with Gasteiger partial charge in [-0.25, -0.2) is 9.98 Å². The Morgan fingerprint density at radius 1 is 1.29 bits per heavy atom. The number of rotatable bonds is 7. The molecule has 1 unspecified atom stereocenters. The summed E-state index contributed by atoms with van der Waals surface area (Å²) in [6, 6.07) is 7.83. The second kappa shape index (κ2) is 9.63. The van der Waals surface area contributed by atoms with Gasteiger partial charge in [0.1, 0.15) is 17.9 Å². The minimum Gasteiger partial charge on any atom is -0.493 e. The smallest absolute Gasteiger partial charge is 0.212 e. The Bertz CT molecular complexity index is 1230. The maximum atomic E-state index is 6.88. The summed E-state index contributed by atoms with van der Waals surface area (Å²) in [4.78, 5) is 9.49. The van der Waals surface area contributed by atoms with Crippen molar-refractivity contribution in [3.63, 3.8) is 0 Å². The van der Waals surface area contributed by atoms with Crippen molar-refractivity contribution in [3.8, 4) is 17.1 Å². The van der Waals surface area contributed by atoms with E-state index in [4.69, 9.17) is 25.2 Å². The van der Waals surface area contributed by atoms with Crippen LogP contribution < -0.4 is 21.1 Å². The Morgan fingerprint density at radius 3 is 2.86 bits per heavy atom. The number of anilines is 2. The third kappa shape index (κ3) is 4.71. The molecule has 5 rings (SSSR count). The molecule has 0 aliphatic carbocycles. The summed E-state index contributed by atoms with van der Waals surface area (Å²) in [7, 11) is 1.90. The van der Waals surface area contributed by atoms with E-state index in [1.54, 1.807) is 6.33 Å². The van der Waals surface area contributed by atoms with Crippen LogP contribution in [0.2, 0.25) is 0 Å². The lowest BCUT2D eigenvalue weighted by Gasteiger charge is -2.34. The van der Waals surface area contributed by atoms with Crippen LogP contribution in [0.4, 0.5) is 11.5 Å². The summed E-state index contributed by atoms with van der Waals surface area (Å²) in [5.41, 5.74) is 11.2. The molecule has 2 aliphatic rings. The van der Waals surface area contributed by atoms with Crippen molar-refractivity contribution in [1.82, 2.24) is 19.7 Å². The van der Waals surface area contributed by atoms with Crippen LogP contribution in [0.5, 0.6) is 5.75 Å². The highest BCUT2D eigenvalue weighted by molar-refractivity contribution is 5.94. The van der Waals surface area contributed by atoms with E-state index in [-0.39, 0.29) is 0 Å². The highest BCUT2D eigenvalue weighted by atomic mass is 16.5. The monoisotopic (exact) mass is 476 g/mol. The Labute approximate surface area is 205 Å². The Hall–Kier alpha value is -3.50. The molecule has 184 valence electrons. The zero-order chi connectivity index (χ0) is 24.4. The van der Waals surface area contributed by atoms with E-state index >= 15 is 0 Å². The molecule has 1 saturated heterocycles. The summed E-state index contributed by atoms with van der Waals surface area (Å²) in [5, 5.41) is 15.2. The highest BCUT2D eigenvalue weighted by Crippen LogP contribution is 2.39. The van der Waals surface area contributed by atoms with Crippen LogP contribution in [0.3, 0.4) is 0 Å². The quantitative estimate of drug-likeness (QED) is 0.475. The van der Waals surface area contributed by atoms with Gasteiger partial charge in [-0.2, -0.15) is 0 Å². The first-order valence-electron chi connectivity index (χ1n) is 12.0. The van der Waals surface area contributed by atoms with Crippen LogP contribution in [0.1, 0.15) is 36.6 Å². The number of ether oxygens (including phenoxy) is 2. The van der Waals surface area contributed by atoms with Gasteiger partial charge in [-0.05, 0) is 50.8 Å². The summed E-state index contributed by atoms with van der Waals surface area (Å²) >= 11 is 0. The molecule has 2 aromatic heterocycles. The Kier molecular flexibility index (Phi) is 6.40. The Morgan fingerprint density at radius 2 is 2.11 bits per heavy atom.